The standard InChI is InChI=1S/C9H13BrN2O2/c1-9(2,5-11)12-8(13)6-3-4-14-7(6)10/h3-4H,5,11H2,1-2H3,(H,12,13). The van der Waals surface area contributed by atoms with Crippen LogP contribution in [0.2, 0.25) is 0 Å². The average molecular weight is 261 g/mol. The highest BCUT2D eigenvalue weighted by molar-refractivity contribution is 9.10. The minimum absolute atomic E-state index is 0.193. The fourth-order valence-electron chi connectivity index (χ4n) is 0.881. The lowest BCUT2D eigenvalue weighted by Crippen LogP contribution is -2.48. The maximum absolute atomic E-state index is 11.6. The summed E-state index contributed by atoms with van der Waals surface area (Å²) in [6, 6.07) is 1.60. The Labute approximate surface area is 91.0 Å². The molecule has 1 aromatic rings. The summed E-state index contributed by atoms with van der Waals surface area (Å²) in [5, 5.41) is 2.80. The van der Waals surface area contributed by atoms with E-state index in [2.05, 4.69) is 21.2 Å². The molecule has 0 atom stereocenters. The van der Waals surface area contributed by atoms with Gasteiger partial charge in [-0.3, -0.25) is 4.79 Å². The summed E-state index contributed by atoms with van der Waals surface area (Å²) >= 11 is 3.14. The number of amides is 1. The van der Waals surface area contributed by atoms with Gasteiger partial charge in [0.05, 0.1) is 11.8 Å². The normalized spacial score (nSPS) is 11.4. The second-order valence-corrected chi connectivity index (χ2v) is 4.37. The van der Waals surface area contributed by atoms with Crippen LogP contribution in [-0.4, -0.2) is 18.0 Å². The third-order valence-corrected chi connectivity index (χ3v) is 2.44. The molecule has 0 aliphatic heterocycles. The van der Waals surface area contributed by atoms with Gasteiger partial charge in [-0.05, 0) is 35.8 Å². The van der Waals surface area contributed by atoms with Crippen LogP contribution in [0.15, 0.2) is 21.4 Å². The van der Waals surface area contributed by atoms with Gasteiger partial charge in [-0.15, -0.1) is 0 Å². The number of hydrogen-bond acceptors (Lipinski definition) is 3. The van der Waals surface area contributed by atoms with Crippen LogP contribution in [0.5, 0.6) is 0 Å². The molecule has 0 unspecified atom stereocenters. The minimum atomic E-state index is -0.409. The van der Waals surface area contributed by atoms with Gasteiger partial charge in [0.25, 0.3) is 5.91 Å². The quantitative estimate of drug-likeness (QED) is 0.866. The van der Waals surface area contributed by atoms with Gasteiger partial charge in [-0.2, -0.15) is 0 Å². The average Bonchev–Trinajstić information content (AvgIpc) is 2.51. The molecule has 14 heavy (non-hydrogen) atoms. The summed E-state index contributed by atoms with van der Waals surface area (Å²) in [5.41, 5.74) is 5.57. The van der Waals surface area contributed by atoms with E-state index in [1.54, 1.807) is 6.07 Å². The van der Waals surface area contributed by atoms with Gasteiger partial charge in [-0.1, -0.05) is 0 Å². The molecule has 5 heteroatoms. The molecule has 1 heterocycles. The van der Waals surface area contributed by atoms with Crippen molar-refractivity contribution in [1.29, 1.82) is 0 Å². The Hall–Kier alpha value is -0.810. The Balaban J connectivity index is 2.73. The zero-order valence-electron chi connectivity index (χ0n) is 8.13. The number of nitrogens with one attached hydrogen (secondary N) is 1. The highest BCUT2D eigenvalue weighted by Crippen LogP contribution is 2.17. The topological polar surface area (TPSA) is 68.3 Å². The number of carbonyl (C=O) groups excluding carboxylic acids is 1. The van der Waals surface area contributed by atoms with Crippen molar-refractivity contribution in [2.45, 2.75) is 19.4 Å². The van der Waals surface area contributed by atoms with Crippen molar-refractivity contribution in [3.05, 3.63) is 22.6 Å². The first-order valence-corrected chi connectivity index (χ1v) is 5.01. The molecule has 0 radical (unpaired) electrons. The smallest absolute Gasteiger partial charge is 0.256 e. The van der Waals surface area contributed by atoms with E-state index in [1.165, 1.54) is 6.26 Å². The number of rotatable bonds is 3. The van der Waals surface area contributed by atoms with Crippen LogP contribution >= 0.6 is 15.9 Å². The van der Waals surface area contributed by atoms with E-state index in [4.69, 9.17) is 10.2 Å². The minimum Gasteiger partial charge on any atom is -0.457 e. The van der Waals surface area contributed by atoms with Crippen LogP contribution in [-0.2, 0) is 0 Å². The molecule has 1 aromatic heterocycles. The molecule has 0 bridgehead atoms. The molecule has 3 N–H and O–H groups in total. The van der Waals surface area contributed by atoms with Crippen LogP contribution in [0.4, 0.5) is 0 Å². The first kappa shape index (κ1) is 11.3. The lowest BCUT2D eigenvalue weighted by Gasteiger charge is -2.23. The molecule has 78 valence electrons. The highest BCUT2D eigenvalue weighted by Gasteiger charge is 2.21. The van der Waals surface area contributed by atoms with Crippen molar-refractivity contribution in [1.82, 2.24) is 5.32 Å². The summed E-state index contributed by atoms with van der Waals surface area (Å²) in [4.78, 5) is 11.6. The number of carbonyl (C=O) groups is 1. The molecule has 0 saturated carbocycles. The molecule has 0 aliphatic carbocycles. The third-order valence-electron chi connectivity index (χ3n) is 1.82. The molecule has 0 aromatic carbocycles. The second kappa shape index (κ2) is 4.14. The van der Waals surface area contributed by atoms with Gasteiger partial charge in [0.1, 0.15) is 0 Å². The van der Waals surface area contributed by atoms with Crippen molar-refractivity contribution >= 4 is 21.8 Å². The lowest BCUT2D eigenvalue weighted by atomic mass is 10.1. The molecule has 0 saturated heterocycles. The predicted octanol–water partition coefficient (Wildman–Crippen LogP) is 1.51. The van der Waals surface area contributed by atoms with Crippen molar-refractivity contribution in [2.75, 3.05) is 6.54 Å². The first-order valence-electron chi connectivity index (χ1n) is 4.22. The van der Waals surface area contributed by atoms with E-state index in [1.807, 2.05) is 13.8 Å². The molecule has 0 fully saturated rings. The van der Waals surface area contributed by atoms with Crippen molar-refractivity contribution in [2.24, 2.45) is 5.73 Å². The molecular weight excluding hydrogens is 248 g/mol. The van der Waals surface area contributed by atoms with E-state index in [-0.39, 0.29) is 5.91 Å². The van der Waals surface area contributed by atoms with Gasteiger partial charge in [0, 0.05) is 12.1 Å². The number of nitrogens with two attached hydrogens (primary N) is 1. The van der Waals surface area contributed by atoms with E-state index in [0.717, 1.165) is 0 Å². The fourth-order valence-corrected chi connectivity index (χ4v) is 1.30. The van der Waals surface area contributed by atoms with Gasteiger partial charge in [0.15, 0.2) is 4.67 Å². The Kier molecular flexibility index (Phi) is 3.34. The summed E-state index contributed by atoms with van der Waals surface area (Å²) in [6.45, 7) is 4.10. The Morgan fingerprint density at radius 1 is 1.71 bits per heavy atom. The van der Waals surface area contributed by atoms with Crippen molar-refractivity contribution in [3.8, 4) is 0 Å². The van der Waals surface area contributed by atoms with E-state index in [9.17, 15) is 4.79 Å². The number of hydrogen-bond donors (Lipinski definition) is 2. The SMILES string of the molecule is CC(C)(CN)NC(=O)c1ccoc1Br. The van der Waals surface area contributed by atoms with E-state index in [0.29, 0.717) is 16.8 Å². The zero-order valence-corrected chi connectivity index (χ0v) is 9.72. The zero-order chi connectivity index (χ0) is 10.8. The van der Waals surface area contributed by atoms with E-state index < -0.39 is 5.54 Å². The molecule has 1 amide bonds. The van der Waals surface area contributed by atoms with Crippen LogP contribution < -0.4 is 11.1 Å². The molecule has 0 aliphatic rings. The Morgan fingerprint density at radius 2 is 2.36 bits per heavy atom. The lowest BCUT2D eigenvalue weighted by molar-refractivity contribution is 0.0914. The number of furan rings is 1. The molecule has 1 rings (SSSR count). The monoisotopic (exact) mass is 260 g/mol. The van der Waals surface area contributed by atoms with Gasteiger partial charge in [-0.25, -0.2) is 0 Å². The highest BCUT2D eigenvalue weighted by atomic mass is 79.9. The summed E-state index contributed by atoms with van der Waals surface area (Å²) in [7, 11) is 0. The second-order valence-electron chi connectivity index (χ2n) is 3.65. The summed E-state index contributed by atoms with van der Waals surface area (Å²) in [5.74, 6) is -0.193. The van der Waals surface area contributed by atoms with Crippen molar-refractivity contribution in [3.63, 3.8) is 0 Å². The Morgan fingerprint density at radius 3 is 2.79 bits per heavy atom. The van der Waals surface area contributed by atoms with Gasteiger partial charge >= 0.3 is 0 Å². The summed E-state index contributed by atoms with van der Waals surface area (Å²) < 4.78 is 5.39. The van der Waals surface area contributed by atoms with Crippen molar-refractivity contribution < 1.29 is 9.21 Å². The van der Waals surface area contributed by atoms with Crippen LogP contribution in [0.25, 0.3) is 0 Å². The van der Waals surface area contributed by atoms with Gasteiger partial charge in [0.2, 0.25) is 0 Å². The third kappa shape index (κ3) is 2.59. The van der Waals surface area contributed by atoms with Crippen LogP contribution in [0.3, 0.4) is 0 Å². The number of halogens is 1. The predicted molar refractivity (Wildman–Crippen MR) is 57.0 cm³/mol. The molecule has 0 spiro atoms. The molecular formula is C9H13BrN2O2. The fraction of sp³-hybridized carbons (Fsp3) is 0.444. The van der Waals surface area contributed by atoms with Crippen LogP contribution in [0.1, 0.15) is 24.2 Å². The van der Waals surface area contributed by atoms with Gasteiger partial charge < -0.3 is 15.5 Å². The maximum Gasteiger partial charge on any atom is 0.256 e. The molecule has 4 nitrogen and oxygen atoms in total. The van der Waals surface area contributed by atoms with Crippen LogP contribution in [0, 0.1) is 0 Å². The van der Waals surface area contributed by atoms with E-state index >= 15 is 0 Å². The summed E-state index contributed by atoms with van der Waals surface area (Å²) in [6.07, 6.45) is 1.45. The Bertz CT molecular complexity index is 333. The largest absolute Gasteiger partial charge is 0.457 e. The maximum atomic E-state index is 11.6. The first-order chi connectivity index (χ1) is 6.46.